The van der Waals surface area contributed by atoms with E-state index in [1.807, 2.05) is 0 Å². The average molecular weight is 616 g/mol. The summed E-state index contributed by atoms with van der Waals surface area (Å²) in [4.78, 5) is 2.52. The van der Waals surface area contributed by atoms with Gasteiger partial charge in [-0.25, -0.2) is 0 Å². The summed E-state index contributed by atoms with van der Waals surface area (Å²) in [6.07, 6.45) is 10.4. The van der Waals surface area contributed by atoms with Crippen LogP contribution >= 0.6 is 0 Å². The first-order chi connectivity index (χ1) is 23.6. The zero-order chi connectivity index (χ0) is 32.0. The fourth-order valence-corrected chi connectivity index (χ4v) is 9.40. The monoisotopic (exact) mass is 615 g/mol. The van der Waals surface area contributed by atoms with E-state index in [2.05, 4.69) is 170 Å². The van der Waals surface area contributed by atoms with E-state index in [1.165, 1.54) is 82.6 Å². The minimum Gasteiger partial charge on any atom is -0.341 e. The van der Waals surface area contributed by atoms with E-state index in [0.29, 0.717) is 11.8 Å². The number of hydrogen-bond donors (Lipinski definition) is 0. The number of fused-ring (bicyclic) bond motifs is 8. The van der Waals surface area contributed by atoms with Crippen molar-refractivity contribution >= 4 is 43.7 Å². The van der Waals surface area contributed by atoms with E-state index < -0.39 is 0 Å². The number of rotatable bonds is 3. The third-order valence-electron chi connectivity index (χ3n) is 11.6. The first kappa shape index (κ1) is 27.7. The molecule has 0 saturated carbocycles. The van der Waals surface area contributed by atoms with Gasteiger partial charge in [-0.05, 0) is 113 Å². The number of para-hydroxylation sites is 1. The first-order valence-corrected chi connectivity index (χ1v) is 17.4. The molecule has 0 saturated heterocycles. The summed E-state index contributed by atoms with van der Waals surface area (Å²) < 4.78 is 0. The topological polar surface area (TPSA) is 3.24 Å². The number of anilines is 2. The molecule has 230 valence electrons. The van der Waals surface area contributed by atoms with E-state index >= 15 is 0 Å². The highest BCUT2D eigenvalue weighted by molar-refractivity contribution is 6.24. The Balaban J connectivity index is 1.35. The molecule has 7 aromatic rings. The fraction of sp³-hybridized carbons (Fsp3) is 0.149. The van der Waals surface area contributed by atoms with Crippen molar-refractivity contribution in [3.8, 4) is 22.3 Å². The minimum absolute atomic E-state index is 0.0139. The molecule has 1 heterocycles. The Bertz CT molecular complexity index is 2500. The highest BCUT2D eigenvalue weighted by Gasteiger charge is 2.45. The summed E-state index contributed by atoms with van der Waals surface area (Å²) in [6, 6.07) is 48.0. The van der Waals surface area contributed by atoms with Crippen LogP contribution in [0.5, 0.6) is 0 Å². The predicted molar refractivity (Wildman–Crippen MR) is 205 cm³/mol. The van der Waals surface area contributed by atoms with Crippen molar-refractivity contribution in [3.05, 3.63) is 168 Å². The fourth-order valence-electron chi connectivity index (χ4n) is 9.40. The quantitative estimate of drug-likeness (QED) is 0.179. The number of allylic oxidation sites excluding steroid dienone is 4. The van der Waals surface area contributed by atoms with Crippen LogP contribution in [0.3, 0.4) is 0 Å². The highest BCUT2D eigenvalue weighted by Crippen LogP contribution is 2.57. The molecule has 0 aromatic heterocycles. The summed E-state index contributed by atoms with van der Waals surface area (Å²) in [5, 5.41) is 7.95. The Morgan fingerprint density at radius 2 is 1.25 bits per heavy atom. The molecule has 0 amide bonds. The molecule has 2 aliphatic carbocycles. The predicted octanol–water partition coefficient (Wildman–Crippen LogP) is 12.3. The maximum absolute atomic E-state index is 2.58. The van der Waals surface area contributed by atoms with Crippen molar-refractivity contribution < 1.29 is 0 Å². The lowest BCUT2D eigenvalue weighted by atomic mass is 9.74. The number of hydrogen-bond acceptors (Lipinski definition) is 1. The van der Waals surface area contributed by atoms with Crippen LogP contribution in [0, 0.1) is 5.92 Å². The van der Waals surface area contributed by atoms with Crippen molar-refractivity contribution in [3.63, 3.8) is 0 Å². The van der Waals surface area contributed by atoms with Crippen molar-refractivity contribution in [2.45, 2.75) is 31.6 Å². The number of nitrogens with zero attached hydrogens (tertiary/aromatic N) is 1. The van der Waals surface area contributed by atoms with Crippen molar-refractivity contribution in [1.82, 2.24) is 0 Å². The lowest BCUT2D eigenvalue weighted by Crippen LogP contribution is -2.24. The van der Waals surface area contributed by atoms with E-state index in [1.54, 1.807) is 0 Å². The first-order valence-electron chi connectivity index (χ1n) is 17.4. The Morgan fingerprint density at radius 3 is 2.08 bits per heavy atom. The Kier molecular flexibility index (Phi) is 5.94. The van der Waals surface area contributed by atoms with Crippen LogP contribution in [0.15, 0.2) is 152 Å². The zero-order valence-electron chi connectivity index (χ0n) is 27.4. The van der Waals surface area contributed by atoms with Gasteiger partial charge in [-0.2, -0.15) is 0 Å². The standard InChI is InChI=1S/C47H37N/c1-47(2)41-22-12-11-21-38(41)46-34-18-8-7-17-33(34)40(29-42(46)47)45-36-20-10-9-19-35(36)44(31-15-4-3-5-16-31)37-25-24-32(28-39(37)45)48-27-26-30-14-6-13-23-43(30)48/h3-25,28-29,38,41H,26-27H2,1-2H3. The molecule has 10 rings (SSSR count). The second kappa shape index (κ2) is 10.3. The average Bonchev–Trinajstić information content (AvgIpc) is 3.67. The van der Waals surface area contributed by atoms with Crippen molar-refractivity contribution in [2.24, 2.45) is 5.92 Å². The third-order valence-corrected chi connectivity index (χ3v) is 11.6. The van der Waals surface area contributed by atoms with Gasteiger partial charge < -0.3 is 4.90 Å². The molecule has 1 heteroatoms. The van der Waals surface area contributed by atoms with Gasteiger partial charge in [0, 0.05) is 23.8 Å². The van der Waals surface area contributed by atoms with Crippen LogP contribution in [0.25, 0.3) is 54.6 Å². The largest absolute Gasteiger partial charge is 0.341 e. The van der Waals surface area contributed by atoms with Gasteiger partial charge in [0.1, 0.15) is 0 Å². The molecule has 0 radical (unpaired) electrons. The van der Waals surface area contributed by atoms with Gasteiger partial charge in [0.15, 0.2) is 0 Å². The SMILES string of the molecule is CC1(C)c2cc(-c3c4ccccc4c(-c4ccccc4)c4ccc(N5CCc6ccccc65)cc34)c3ccccc3c2C2C=CC=CC21. The smallest absolute Gasteiger partial charge is 0.0444 e. The van der Waals surface area contributed by atoms with Crippen LogP contribution in [-0.2, 0) is 11.8 Å². The minimum atomic E-state index is 0.0139. The second-order valence-electron chi connectivity index (χ2n) is 14.4. The molecule has 1 nitrogen and oxygen atoms in total. The van der Waals surface area contributed by atoms with Crippen LogP contribution in [0.2, 0.25) is 0 Å². The van der Waals surface area contributed by atoms with Gasteiger partial charge in [0.25, 0.3) is 0 Å². The van der Waals surface area contributed by atoms with Gasteiger partial charge >= 0.3 is 0 Å². The zero-order valence-corrected chi connectivity index (χ0v) is 27.4. The summed E-state index contributed by atoms with van der Waals surface area (Å²) in [7, 11) is 0. The number of benzene rings is 7. The second-order valence-corrected chi connectivity index (χ2v) is 14.4. The lowest BCUT2D eigenvalue weighted by Gasteiger charge is -2.29. The van der Waals surface area contributed by atoms with Gasteiger partial charge in [-0.1, -0.05) is 141 Å². The molecule has 0 bridgehead atoms. The Labute approximate surface area is 282 Å². The van der Waals surface area contributed by atoms with Crippen LogP contribution in [0.4, 0.5) is 11.4 Å². The molecule has 2 unspecified atom stereocenters. The van der Waals surface area contributed by atoms with Gasteiger partial charge in [0.2, 0.25) is 0 Å². The van der Waals surface area contributed by atoms with Crippen molar-refractivity contribution in [1.29, 1.82) is 0 Å². The molecule has 2 atom stereocenters. The molecule has 48 heavy (non-hydrogen) atoms. The lowest BCUT2D eigenvalue weighted by molar-refractivity contribution is 0.394. The Hall–Kier alpha value is -5.40. The molecule has 3 aliphatic rings. The van der Waals surface area contributed by atoms with Crippen LogP contribution in [0.1, 0.15) is 36.5 Å². The molecule has 0 fully saturated rings. The van der Waals surface area contributed by atoms with Crippen LogP contribution < -0.4 is 4.90 Å². The summed E-state index contributed by atoms with van der Waals surface area (Å²) in [5.74, 6) is 0.849. The van der Waals surface area contributed by atoms with Crippen LogP contribution in [-0.4, -0.2) is 6.54 Å². The highest BCUT2D eigenvalue weighted by atomic mass is 15.2. The van der Waals surface area contributed by atoms with E-state index in [0.717, 1.165) is 13.0 Å². The molecular weight excluding hydrogens is 579 g/mol. The van der Waals surface area contributed by atoms with E-state index in [9.17, 15) is 0 Å². The van der Waals surface area contributed by atoms with E-state index in [4.69, 9.17) is 0 Å². The molecule has 0 spiro atoms. The van der Waals surface area contributed by atoms with Gasteiger partial charge in [0.05, 0.1) is 0 Å². The molecule has 0 N–H and O–H groups in total. The third kappa shape index (κ3) is 3.85. The summed E-state index contributed by atoms with van der Waals surface area (Å²) in [6.45, 7) is 5.91. The van der Waals surface area contributed by atoms with Crippen molar-refractivity contribution in [2.75, 3.05) is 11.4 Å². The maximum Gasteiger partial charge on any atom is 0.0444 e. The Morgan fingerprint density at radius 1 is 0.583 bits per heavy atom. The normalized spacial score (nSPS) is 18.8. The van der Waals surface area contributed by atoms with E-state index in [-0.39, 0.29) is 5.41 Å². The van der Waals surface area contributed by atoms with Gasteiger partial charge in [-0.3, -0.25) is 0 Å². The maximum atomic E-state index is 2.58. The molecular formula is C47H37N. The van der Waals surface area contributed by atoms with Gasteiger partial charge in [-0.15, -0.1) is 0 Å². The molecule has 7 aromatic carbocycles. The summed E-state index contributed by atoms with van der Waals surface area (Å²) >= 11 is 0. The summed E-state index contributed by atoms with van der Waals surface area (Å²) in [5.41, 5.74) is 12.3. The molecule has 1 aliphatic heterocycles.